The SMILES string of the molecule is COC(=O)CCC(=O)[13C](=O)OC. The van der Waals surface area contributed by atoms with E-state index in [2.05, 4.69) is 9.47 Å². The molecule has 68 valence electrons. The first-order chi connectivity index (χ1) is 5.61. The lowest BCUT2D eigenvalue weighted by atomic mass is 10.3. The van der Waals surface area contributed by atoms with Crippen LogP contribution >= 0.6 is 0 Å². The van der Waals surface area contributed by atoms with Gasteiger partial charge >= 0.3 is 11.9 Å². The minimum atomic E-state index is -0.932. The number of ketones is 1. The number of hydrogen-bond donors (Lipinski definition) is 0. The van der Waals surface area contributed by atoms with E-state index in [-0.39, 0.29) is 12.8 Å². The zero-order valence-electron chi connectivity index (χ0n) is 6.96. The van der Waals surface area contributed by atoms with E-state index in [4.69, 9.17) is 0 Å². The molecule has 0 saturated heterocycles. The van der Waals surface area contributed by atoms with Crippen LogP contribution < -0.4 is 0 Å². The Balaban J connectivity index is 3.72. The van der Waals surface area contributed by atoms with Crippen LogP contribution in [-0.4, -0.2) is 31.9 Å². The van der Waals surface area contributed by atoms with E-state index in [0.29, 0.717) is 0 Å². The van der Waals surface area contributed by atoms with Gasteiger partial charge < -0.3 is 9.47 Å². The number of carbonyl (C=O) groups excluding carboxylic acids is 3. The van der Waals surface area contributed by atoms with Crippen LogP contribution in [0.4, 0.5) is 0 Å². The van der Waals surface area contributed by atoms with Crippen LogP contribution in [-0.2, 0) is 23.9 Å². The lowest BCUT2D eigenvalue weighted by molar-refractivity contribution is -0.152. The summed E-state index contributed by atoms with van der Waals surface area (Å²) >= 11 is 0. The number of rotatable bonds is 4. The molecule has 0 unspecified atom stereocenters. The standard InChI is InChI=1S/C7H10O5/c1-11-6(9)4-3-5(8)7(10)12-2/h3-4H2,1-2H3/i7+1. The summed E-state index contributed by atoms with van der Waals surface area (Å²) in [6.07, 6.45) is -0.260. The van der Waals surface area contributed by atoms with Crippen molar-refractivity contribution in [1.29, 1.82) is 0 Å². The Bertz CT molecular complexity index is 196. The molecule has 0 spiro atoms. The molecule has 0 rings (SSSR count). The van der Waals surface area contributed by atoms with Gasteiger partial charge in [0, 0.05) is 6.42 Å². The molecule has 12 heavy (non-hydrogen) atoms. The van der Waals surface area contributed by atoms with Gasteiger partial charge in [-0.15, -0.1) is 0 Å². The van der Waals surface area contributed by atoms with Crippen molar-refractivity contribution < 1.29 is 23.9 Å². The monoisotopic (exact) mass is 175 g/mol. The van der Waals surface area contributed by atoms with Crippen molar-refractivity contribution in [3.8, 4) is 0 Å². The summed E-state index contributed by atoms with van der Waals surface area (Å²) in [7, 11) is 2.32. The Labute approximate surface area is 69.6 Å². The molecule has 0 saturated carbocycles. The van der Waals surface area contributed by atoms with Crippen LogP contribution in [0, 0.1) is 0 Å². The van der Waals surface area contributed by atoms with Crippen LogP contribution in [0.15, 0.2) is 0 Å². The first-order valence-electron chi connectivity index (χ1n) is 3.29. The van der Waals surface area contributed by atoms with Crippen molar-refractivity contribution in [3.63, 3.8) is 0 Å². The molecule has 0 heterocycles. The van der Waals surface area contributed by atoms with E-state index in [0.717, 1.165) is 7.11 Å². The van der Waals surface area contributed by atoms with E-state index < -0.39 is 17.7 Å². The maximum absolute atomic E-state index is 10.7. The number of ether oxygens (including phenoxy) is 2. The van der Waals surface area contributed by atoms with Gasteiger partial charge in [-0.05, 0) is 0 Å². The first-order valence-corrected chi connectivity index (χ1v) is 3.29. The molecule has 5 nitrogen and oxygen atoms in total. The van der Waals surface area contributed by atoms with E-state index in [1.807, 2.05) is 0 Å². The van der Waals surface area contributed by atoms with Gasteiger partial charge in [-0.25, -0.2) is 4.79 Å². The molecular weight excluding hydrogens is 165 g/mol. The van der Waals surface area contributed by atoms with Crippen LogP contribution in [0.25, 0.3) is 0 Å². The van der Waals surface area contributed by atoms with Crippen LogP contribution in [0.2, 0.25) is 0 Å². The van der Waals surface area contributed by atoms with Gasteiger partial charge in [-0.2, -0.15) is 0 Å². The summed E-state index contributed by atoms with van der Waals surface area (Å²) in [5, 5.41) is 0. The van der Waals surface area contributed by atoms with E-state index >= 15 is 0 Å². The predicted molar refractivity (Wildman–Crippen MR) is 38.3 cm³/mol. The zero-order valence-corrected chi connectivity index (χ0v) is 6.96. The normalized spacial score (nSPS) is 8.83. The molecule has 0 aliphatic heterocycles. The molecule has 0 amide bonds. The average Bonchev–Trinajstić information content (AvgIpc) is 2.11. The molecule has 0 bridgehead atoms. The topological polar surface area (TPSA) is 69.7 Å². The average molecular weight is 175 g/mol. The van der Waals surface area contributed by atoms with Crippen molar-refractivity contribution in [2.24, 2.45) is 0 Å². The summed E-state index contributed by atoms with van der Waals surface area (Å²) in [6.45, 7) is 0. The number of hydrogen-bond acceptors (Lipinski definition) is 5. The Morgan fingerprint density at radius 3 is 2.00 bits per heavy atom. The quantitative estimate of drug-likeness (QED) is 0.333. The molecule has 0 aromatic carbocycles. The summed E-state index contributed by atoms with van der Waals surface area (Å²) in [5.41, 5.74) is 0. The highest BCUT2D eigenvalue weighted by molar-refractivity contribution is 6.33. The highest BCUT2D eigenvalue weighted by Crippen LogP contribution is 1.94. The first kappa shape index (κ1) is 10.6. The third-order valence-corrected chi connectivity index (χ3v) is 1.20. The number of carbonyl (C=O) groups is 3. The minimum absolute atomic E-state index is 0.0928. The molecule has 0 fully saturated rings. The highest BCUT2D eigenvalue weighted by atomic mass is 16.6. The summed E-state index contributed by atoms with van der Waals surface area (Å²) in [6, 6.07) is 0. The Morgan fingerprint density at radius 2 is 1.58 bits per heavy atom. The molecular formula is C7H10O5. The Hall–Kier alpha value is -1.39. The van der Waals surface area contributed by atoms with E-state index in [1.165, 1.54) is 7.11 Å². The predicted octanol–water partition coefficient (Wildman–Crippen LogP) is -0.318. The summed E-state index contributed by atoms with van der Waals surface area (Å²) in [4.78, 5) is 31.7. The van der Waals surface area contributed by atoms with Gasteiger partial charge in [-0.3, -0.25) is 9.59 Å². The Kier molecular flexibility index (Phi) is 4.67. The van der Waals surface area contributed by atoms with Crippen molar-refractivity contribution >= 4 is 17.7 Å². The van der Waals surface area contributed by atoms with Crippen molar-refractivity contribution in [1.82, 2.24) is 0 Å². The lowest BCUT2D eigenvalue weighted by Crippen LogP contribution is -2.16. The second kappa shape index (κ2) is 5.29. The smallest absolute Gasteiger partial charge is 0.374 e. The van der Waals surface area contributed by atoms with Gasteiger partial charge in [0.1, 0.15) is 0 Å². The van der Waals surface area contributed by atoms with Gasteiger partial charge in [0.15, 0.2) is 0 Å². The third kappa shape index (κ3) is 3.70. The molecule has 0 aromatic rings. The minimum Gasteiger partial charge on any atom is -0.469 e. The number of Topliss-reactive ketones (excluding diaryl/α,β-unsaturated/α-hetero) is 1. The fourth-order valence-electron chi connectivity index (χ4n) is 0.534. The fraction of sp³-hybridized carbons (Fsp3) is 0.571. The lowest BCUT2D eigenvalue weighted by Gasteiger charge is -1.97. The maximum Gasteiger partial charge on any atom is 0.374 e. The fourth-order valence-corrected chi connectivity index (χ4v) is 0.534. The van der Waals surface area contributed by atoms with E-state index in [9.17, 15) is 14.4 Å². The zero-order chi connectivity index (χ0) is 9.56. The second-order valence-electron chi connectivity index (χ2n) is 1.99. The number of methoxy groups -OCH3 is 2. The van der Waals surface area contributed by atoms with Crippen LogP contribution in [0.1, 0.15) is 12.8 Å². The summed E-state index contributed by atoms with van der Waals surface area (Å²) in [5.74, 6) is -2.17. The number of esters is 2. The molecule has 5 heteroatoms. The molecule has 0 aliphatic carbocycles. The van der Waals surface area contributed by atoms with Gasteiger partial charge in [0.25, 0.3) is 0 Å². The van der Waals surface area contributed by atoms with Gasteiger partial charge in [-0.1, -0.05) is 0 Å². The van der Waals surface area contributed by atoms with Crippen LogP contribution in [0.3, 0.4) is 0 Å². The third-order valence-electron chi connectivity index (χ3n) is 1.20. The molecule has 0 aromatic heterocycles. The molecule has 0 radical (unpaired) electrons. The van der Waals surface area contributed by atoms with Crippen LogP contribution in [0.5, 0.6) is 0 Å². The van der Waals surface area contributed by atoms with Crippen molar-refractivity contribution in [3.05, 3.63) is 0 Å². The van der Waals surface area contributed by atoms with Gasteiger partial charge in [0.2, 0.25) is 5.78 Å². The maximum atomic E-state index is 10.7. The Morgan fingerprint density at radius 1 is 1.00 bits per heavy atom. The van der Waals surface area contributed by atoms with E-state index in [1.54, 1.807) is 0 Å². The molecule has 0 N–H and O–H groups in total. The highest BCUT2D eigenvalue weighted by Gasteiger charge is 2.15. The van der Waals surface area contributed by atoms with Crippen molar-refractivity contribution in [2.75, 3.05) is 14.2 Å². The second-order valence-corrected chi connectivity index (χ2v) is 1.99. The van der Waals surface area contributed by atoms with Gasteiger partial charge in [0.05, 0.1) is 20.6 Å². The largest absolute Gasteiger partial charge is 0.469 e. The molecule has 0 atom stereocenters. The van der Waals surface area contributed by atoms with Crippen molar-refractivity contribution in [2.45, 2.75) is 12.8 Å². The molecule has 0 aliphatic rings. The summed E-state index contributed by atoms with van der Waals surface area (Å²) < 4.78 is 8.41.